The van der Waals surface area contributed by atoms with Crippen LogP contribution in [-0.4, -0.2) is 14.6 Å². The Morgan fingerprint density at radius 3 is 2.93 bits per heavy atom. The van der Waals surface area contributed by atoms with Gasteiger partial charge in [0.1, 0.15) is 6.33 Å². The molecule has 0 radical (unpaired) electrons. The fraction of sp³-hybridized carbons (Fsp3) is 0. The number of hydrogen-bond acceptors (Lipinski definition) is 4. The summed E-state index contributed by atoms with van der Waals surface area (Å²) in [5, 5.41) is 2.01. The van der Waals surface area contributed by atoms with Gasteiger partial charge in [0.15, 0.2) is 5.82 Å². The van der Waals surface area contributed by atoms with Crippen molar-refractivity contribution in [3.8, 4) is 0 Å². The summed E-state index contributed by atoms with van der Waals surface area (Å²) in [7, 11) is 0. The smallest absolute Gasteiger partial charge is 0.166 e. The molecule has 0 saturated heterocycles. The first-order valence-corrected chi connectivity index (χ1v) is 5.40. The molecular formula is C10H8N4S. The average molecular weight is 216 g/mol. The Morgan fingerprint density at radius 2 is 2.07 bits per heavy atom. The maximum atomic E-state index is 4.22. The highest BCUT2D eigenvalue weighted by atomic mass is 32.1. The van der Waals surface area contributed by atoms with E-state index in [0.717, 1.165) is 16.0 Å². The molecule has 1 N–H and O–H groups in total. The van der Waals surface area contributed by atoms with Gasteiger partial charge in [-0.2, -0.15) is 0 Å². The van der Waals surface area contributed by atoms with Crippen molar-refractivity contribution in [2.24, 2.45) is 0 Å². The molecule has 5 heteroatoms. The zero-order chi connectivity index (χ0) is 10.1. The van der Waals surface area contributed by atoms with Gasteiger partial charge in [-0.3, -0.25) is 10.1 Å². The van der Waals surface area contributed by atoms with Gasteiger partial charge < -0.3 is 0 Å². The van der Waals surface area contributed by atoms with Crippen LogP contribution in [0.15, 0.2) is 42.3 Å². The topological polar surface area (TPSA) is 42.7 Å². The van der Waals surface area contributed by atoms with Crippen molar-refractivity contribution in [1.29, 1.82) is 0 Å². The second kappa shape index (κ2) is 3.36. The first-order chi connectivity index (χ1) is 7.43. The number of nitrogens with zero attached hydrogens (tertiary/aromatic N) is 3. The maximum Gasteiger partial charge on any atom is 0.166 e. The highest BCUT2D eigenvalue weighted by molar-refractivity contribution is 7.17. The molecule has 15 heavy (non-hydrogen) atoms. The third-order valence-corrected chi connectivity index (χ3v) is 2.99. The highest BCUT2D eigenvalue weighted by Crippen LogP contribution is 2.24. The molecule has 0 unspecified atom stereocenters. The lowest BCUT2D eigenvalue weighted by Gasteiger charge is -2.06. The van der Waals surface area contributed by atoms with Crippen LogP contribution in [0.1, 0.15) is 0 Å². The lowest BCUT2D eigenvalue weighted by Crippen LogP contribution is -2.07. The average Bonchev–Trinajstić information content (AvgIpc) is 2.87. The number of anilines is 1. The molecule has 0 aliphatic heterocycles. The molecule has 0 aliphatic rings. The Bertz CT molecular complexity index is 570. The summed E-state index contributed by atoms with van der Waals surface area (Å²) in [6, 6.07) is 5.90. The van der Waals surface area contributed by atoms with Gasteiger partial charge in [0, 0.05) is 12.4 Å². The van der Waals surface area contributed by atoms with Crippen LogP contribution in [-0.2, 0) is 0 Å². The van der Waals surface area contributed by atoms with Gasteiger partial charge in [0.05, 0.1) is 10.2 Å². The molecule has 0 amide bonds. The predicted molar refractivity (Wildman–Crippen MR) is 60.9 cm³/mol. The van der Waals surface area contributed by atoms with E-state index in [4.69, 9.17) is 0 Å². The van der Waals surface area contributed by atoms with Gasteiger partial charge in [-0.15, -0.1) is 11.3 Å². The maximum absolute atomic E-state index is 4.22. The van der Waals surface area contributed by atoms with Gasteiger partial charge in [-0.05, 0) is 23.6 Å². The Hall–Kier alpha value is -1.88. The second-order valence-corrected chi connectivity index (χ2v) is 3.98. The summed E-state index contributed by atoms with van der Waals surface area (Å²) >= 11 is 1.63. The molecule has 0 saturated carbocycles. The van der Waals surface area contributed by atoms with Crippen LogP contribution in [0.5, 0.6) is 0 Å². The number of fused-ring (bicyclic) bond motifs is 1. The predicted octanol–water partition coefficient (Wildman–Crippen LogP) is 2.37. The van der Waals surface area contributed by atoms with E-state index >= 15 is 0 Å². The Labute approximate surface area is 90.2 Å². The van der Waals surface area contributed by atoms with Gasteiger partial charge in [-0.25, -0.2) is 9.97 Å². The van der Waals surface area contributed by atoms with Gasteiger partial charge in [0.25, 0.3) is 0 Å². The number of thiophene rings is 1. The van der Waals surface area contributed by atoms with Crippen molar-refractivity contribution >= 4 is 27.4 Å². The zero-order valence-corrected chi connectivity index (χ0v) is 8.61. The number of hydrogen-bond donors (Lipinski definition) is 1. The van der Waals surface area contributed by atoms with E-state index in [2.05, 4.69) is 15.4 Å². The standard InChI is InChI=1S/C10H8N4S/c1-2-5-14(4-1)13-10-9-8(3-6-15-9)11-7-12-10/h1-7H,(H,11,12,13). The minimum Gasteiger partial charge on any atom is -0.277 e. The molecule has 3 aromatic heterocycles. The molecule has 0 aromatic carbocycles. The molecule has 0 spiro atoms. The molecule has 0 aliphatic carbocycles. The minimum atomic E-state index is 0.839. The largest absolute Gasteiger partial charge is 0.277 e. The first kappa shape index (κ1) is 8.43. The van der Waals surface area contributed by atoms with Crippen molar-refractivity contribution in [2.45, 2.75) is 0 Å². The minimum absolute atomic E-state index is 0.839. The van der Waals surface area contributed by atoms with E-state index in [1.807, 2.05) is 40.6 Å². The molecule has 4 nitrogen and oxygen atoms in total. The summed E-state index contributed by atoms with van der Waals surface area (Å²) < 4.78 is 2.94. The lowest BCUT2D eigenvalue weighted by molar-refractivity contribution is 0.955. The fourth-order valence-corrected chi connectivity index (χ4v) is 2.18. The Kier molecular flexibility index (Phi) is 1.89. The third kappa shape index (κ3) is 1.46. The number of aromatic nitrogens is 3. The Balaban J connectivity index is 2.07. The third-order valence-electron chi connectivity index (χ3n) is 2.08. The van der Waals surface area contributed by atoms with Crippen molar-refractivity contribution < 1.29 is 0 Å². The normalized spacial score (nSPS) is 10.7. The van der Waals surface area contributed by atoms with Crippen LogP contribution in [0.3, 0.4) is 0 Å². The van der Waals surface area contributed by atoms with Crippen LogP contribution in [0.4, 0.5) is 5.82 Å². The monoisotopic (exact) mass is 216 g/mol. The zero-order valence-electron chi connectivity index (χ0n) is 7.79. The SMILES string of the molecule is c1ccn(Nc2ncnc3ccsc23)c1. The van der Waals surface area contributed by atoms with Crippen LogP contribution in [0.25, 0.3) is 10.2 Å². The molecule has 3 heterocycles. The van der Waals surface area contributed by atoms with E-state index in [-0.39, 0.29) is 0 Å². The summed E-state index contributed by atoms with van der Waals surface area (Å²) in [5.41, 5.74) is 4.17. The van der Waals surface area contributed by atoms with Crippen LogP contribution in [0, 0.1) is 0 Å². The van der Waals surface area contributed by atoms with E-state index in [1.54, 1.807) is 17.7 Å². The summed E-state index contributed by atoms with van der Waals surface area (Å²) in [4.78, 5) is 8.40. The molecule has 74 valence electrons. The van der Waals surface area contributed by atoms with Crippen molar-refractivity contribution in [3.63, 3.8) is 0 Å². The fourth-order valence-electron chi connectivity index (χ4n) is 1.40. The quantitative estimate of drug-likeness (QED) is 0.715. The highest BCUT2D eigenvalue weighted by Gasteiger charge is 2.03. The van der Waals surface area contributed by atoms with Crippen molar-refractivity contribution in [2.75, 3.05) is 5.43 Å². The molecular weight excluding hydrogens is 208 g/mol. The molecule has 0 fully saturated rings. The summed E-state index contributed by atoms with van der Waals surface area (Å²) in [6.45, 7) is 0. The molecule has 3 aromatic rings. The van der Waals surface area contributed by atoms with E-state index in [1.165, 1.54) is 0 Å². The molecule has 0 atom stereocenters. The van der Waals surface area contributed by atoms with Crippen molar-refractivity contribution in [3.05, 3.63) is 42.3 Å². The van der Waals surface area contributed by atoms with Gasteiger partial charge >= 0.3 is 0 Å². The van der Waals surface area contributed by atoms with E-state index in [9.17, 15) is 0 Å². The van der Waals surface area contributed by atoms with Gasteiger partial charge in [-0.1, -0.05) is 0 Å². The van der Waals surface area contributed by atoms with E-state index < -0.39 is 0 Å². The lowest BCUT2D eigenvalue weighted by atomic mass is 10.4. The summed E-state index contributed by atoms with van der Waals surface area (Å²) in [6.07, 6.45) is 5.43. The van der Waals surface area contributed by atoms with Crippen LogP contribution < -0.4 is 5.43 Å². The second-order valence-electron chi connectivity index (χ2n) is 3.06. The van der Waals surface area contributed by atoms with Crippen LogP contribution >= 0.6 is 11.3 Å². The Morgan fingerprint density at radius 1 is 1.20 bits per heavy atom. The number of nitrogens with one attached hydrogen (secondary N) is 1. The van der Waals surface area contributed by atoms with Crippen LogP contribution in [0.2, 0.25) is 0 Å². The van der Waals surface area contributed by atoms with Gasteiger partial charge in [0.2, 0.25) is 0 Å². The molecule has 3 rings (SSSR count). The number of rotatable bonds is 2. The molecule has 0 bridgehead atoms. The first-order valence-electron chi connectivity index (χ1n) is 4.52. The van der Waals surface area contributed by atoms with Crippen molar-refractivity contribution in [1.82, 2.24) is 14.6 Å². The van der Waals surface area contributed by atoms with E-state index in [0.29, 0.717) is 0 Å². The summed E-state index contributed by atoms with van der Waals surface area (Å²) in [5.74, 6) is 0.839.